The van der Waals surface area contributed by atoms with Gasteiger partial charge in [0.2, 0.25) is 0 Å². The molecule has 0 spiro atoms. The number of hydrogen-bond acceptors (Lipinski definition) is 5. The Labute approximate surface area is 113 Å². The minimum absolute atomic E-state index is 0.142. The lowest BCUT2D eigenvalue weighted by Gasteiger charge is -2.47. The van der Waals surface area contributed by atoms with Crippen LogP contribution in [0.3, 0.4) is 0 Å². The molecule has 0 aromatic carbocycles. The summed E-state index contributed by atoms with van der Waals surface area (Å²) in [6, 6.07) is 0. The molecule has 2 rings (SSSR count). The summed E-state index contributed by atoms with van der Waals surface area (Å²) in [5, 5.41) is 0. The van der Waals surface area contributed by atoms with Gasteiger partial charge in [-0.05, 0) is 27.7 Å². The Morgan fingerprint density at radius 1 is 1.21 bits per heavy atom. The number of nitrogen functional groups attached to an aromatic ring is 1. The summed E-state index contributed by atoms with van der Waals surface area (Å²) in [5.41, 5.74) is 5.03. The quantitative estimate of drug-likeness (QED) is 0.821. The van der Waals surface area contributed by atoms with Crippen LogP contribution in [0.1, 0.15) is 38.2 Å². The van der Waals surface area contributed by atoms with Crippen LogP contribution in [-0.2, 0) is 4.74 Å². The number of morpholine rings is 1. The molecule has 0 aliphatic carbocycles. The van der Waals surface area contributed by atoms with Crippen molar-refractivity contribution in [3.8, 4) is 0 Å². The molecule has 1 aromatic rings. The molecule has 19 heavy (non-hydrogen) atoms. The van der Waals surface area contributed by atoms with Crippen LogP contribution in [0.2, 0.25) is 0 Å². The lowest BCUT2D eigenvalue weighted by molar-refractivity contribution is -0.171. The fraction of sp³-hybridized carbons (Fsp3) is 0.615. The van der Waals surface area contributed by atoms with Gasteiger partial charge in [-0.1, -0.05) is 0 Å². The van der Waals surface area contributed by atoms with E-state index in [0.29, 0.717) is 24.6 Å². The largest absolute Gasteiger partial charge is 0.382 e. The first-order chi connectivity index (χ1) is 8.69. The van der Waals surface area contributed by atoms with Gasteiger partial charge < -0.3 is 15.4 Å². The number of amides is 1. The van der Waals surface area contributed by atoms with Crippen molar-refractivity contribution in [1.29, 1.82) is 0 Å². The molecule has 0 bridgehead atoms. The number of rotatable bonds is 1. The molecule has 1 fully saturated rings. The molecule has 1 amide bonds. The summed E-state index contributed by atoms with van der Waals surface area (Å²) in [7, 11) is 0. The van der Waals surface area contributed by atoms with Gasteiger partial charge in [0.05, 0.1) is 23.6 Å². The van der Waals surface area contributed by atoms with Crippen LogP contribution in [-0.4, -0.2) is 45.1 Å². The smallest absolute Gasteiger partial charge is 0.274 e. The van der Waals surface area contributed by atoms with E-state index in [-0.39, 0.29) is 17.1 Å². The highest BCUT2D eigenvalue weighted by Gasteiger charge is 2.40. The monoisotopic (exact) mass is 264 g/mol. The van der Waals surface area contributed by atoms with E-state index in [4.69, 9.17) is 10.5 Å². The maximum Gasteiger partial charge on any atom is 0.274 e. The number of anilines is 1. The number of carbonyl (C=O) groups excluding carboxylic acids is 1. The van der Waals surface area contributed by atoms with Gasteiger partial charge in [0.15, 0.2) is 0 Å². The van der Waals surface area contributed by atoms with Crippen LogP contribution in [0.15, 0.2) is 12.4 Å². The first-order valence-electron chi connectivity index (χ1n) is 6.26. The molecule has 0 radical (unpaired) electrons. The number of aromatic nitrogens is 2. The van der Waals surface area contributed by atoms with Crippen LogP contribution < -0.4 is 5.73 Å². The molecular weight excluding hydrogens is 244 g/mol. The Morgan fingerprint density at radius 3 is 2.26 bits per heavy atom. The SMILES string of the molecule is CC1(C)CN(C(=O)c2cnc(N)cn2)CC(C)(C)O1. The van der Waals surface area contributed by atoms with E-state index in [2.05, 4.69) is 9.97 Å². The molecule has 1 aliphatic rings. The topological polar surface area (TPSA) is 81.3 Å². The highest BCUT2D eigenvalue weighted by Crippen LogP contribution is 2.28. The van der Waals surface area contributed by atoms with E-state index < -0.39 is 0 Å². The maximum atomic E-state index is 12.4. The number of nitrogens with zero attached hydrogens (tertiary/aromatic N) is 3. The maximum absolute atomic E-state index is 12.4. The third kappa shape index (κ3) is 3.20. The number of hydrogen-bond donors (Lipinski definition) is 1. The van der Waals surface area contributed by atoms with E-state index in [9.17, 15) is 4.79 Å². The second-order valence-electron chi connectivity index (χ2n) is 6.11. The molecule has 0 atom stereocenters. The highest BCUT2D eigenvalue weighted by molar-refractivity contribution is 5.92. The van der Waals surface area contributed by atoms with Crippen LogP contribution in [0.4, 0.5) is 5.82 Å². The molecule has 0 unspecified atom stereocenters. The second kappa shape index (κ2) is 4.45. The highest BCUT2D eigenvalue weighted by atomic mass is 16.5. The van der Waals surface area contributed by atoms with Crippen LogP contribution in [0.5, 0.6) is 0 Å². The normalized spacial score (nSPS) is 21.2. The number of carbonyl (C=O) groups is 1. The van der Waals surface area contributed by atoms with E-state index in [0.717, 1.165) is 0 Å². The average Bonchev–Trinajstić information content (AvgIpc) is 2.25. The fourth-order valence-electron chi connectivity index (χ4n) is 2.54. The molecule has 1 saturated heterocycles. The summed E-state index contributed by atoms with van der Waals surface area (Å²) in [5.74, 6) is 0.163. The minimum Gasteiger partial charge on any atom is -0.382 e. The molecular formula is C13H20N4O2. The lowest BCUT2D eigenvalue weighted by Crippen LogP contribution is -2.58. The molecule has 2 heterocycles. The van der Waals surface area contributed by atoms with Crippen LogP contribution in [0.25, 0.3) is 0 Å². The van der Waals surface area contributed by atoms with Crippen LogP contribution in [0, 0.1) is 0 Å². The van der Waals surface area contributed by atoms with Crippen LogP contribution >= 0.6 is 0 Å². The zero-order valence-corrected chi connectivity index (χ0v) is 11.8. The summed E-state index contributed by atoms with van der Waals surface area (Å²) >= 11 is 0. The van der Waals surface area contributed by atoms with E-state index in [1.807, 2.05) is 27.7 Å². The second-order valence-corrected chi connectivity index (χ2v) is 6.11. The molecule has 104 valence electrons. The third-order valence-corrected chi connectivity index (χ3v) is 2.87. The molecule has 0 saturated carbocycles. The van der Waals surface area contributed by atoms with Gasteiger partial charge in [0.25, 0.3) is 5.91 Å². The predicted molar refractivity (Wildman–Crippen MR) is 71.6 cm³/mol. The summed E-state index contributed by atoms with van der Waals surface area (Å²) in [4.78, 5) is 22.1. The Bertz CT molecular complexity index is 466. The summed E-state index contributed by atoms with van der Waals surface area (Å²) < 4.78 is 5.95. The van der Waals surface area contributed by atoms with E-state index >= 15 is 0 Å². The third-order valence-electron chi connectivity index (χ3n) is 2.87. The van der Waals surface area contributed by atoms with Gasteiger partial charge in [-0.25, -0.2) is 9.97 Å². The van der Waals surface area contributed by atoms with E-state index in [1.54, 1.807) is 4.90 Å². The molecule has 2 N–H and O–H groups in total. The van der Waals surface area contributed by atoms with Gasteiger partial charge in [0, 0.05) is 13.1 Å². The first kappa shape index (κ1) is 13.7. The Kier molecular flexibility index (Phi) is 3.22. The molecule has 6 heteroatoms. The standard InChI is InChI=1S/C13H20N4O2/c1-12(2)7-17(8-13(3,4)19-12)11(18)9-5-16-10(14)6-15-9/h5-6H,7-8H2,1-4H3,(H2,14,16). The molecule has 1 aliphatic heterocycles. The lowest BCUT2D eigenvalue weighted by atomic mass is 9.98. The first-order valence-corrected chi connectivity index (χ1v) is 6.26. The van der Waals surface area contributed by atoms with Crippen molar-refractivity contribution >= 4 is 11.7 Å². The predicted octanol–water partition coefficient (Wildman–Crippen LogP) is 1.09. The van der Waals surface area contributed by atoms with Crippen molar-refractivity contribution in [3.05, 3.63) is 18.1 Å². The van der Waals surface area contributed by atoms with Crippen molar-refractivity contribution in [1.82, 2.24) is 14.9 Å². The van der Waals surface area contributed by atoms with Gasteiger partial charge in [0.1, 0.15) is 11.5 Å². The Balaban J connectivity index is 2.21. The van der Waals surface area contributed by atoms with Gasteiger partial charge in [-0.2, -0.15) is 0 Å². The molecule has 1 aromatic heterocycles. The van der Waals surface area contributed by atoms with Crippen molar-refractivity contribution in [2.45, 2.75) is 38.9 Å². The number of nitrogens with two attached hydrogens (primary N) is 1. The summed E-state index contributed by atoms with van der Waals surface area (Å²) in [6.45, 7) is 8.96. The van der Waals surface area contributed by atoms with Gasteiger partial charge >= 0.3 is 0 Å². The zero-order valence-electron chi connectivity index (χ0n) is 11.8. The summed E-state index contributed by atoms with van der Waals surface area (Å²) in [6.07, 6.45) is 2.80. The zero-order chi connectivity index (χ0) is 14.3. The Hall–Kier alpha value is -1.69. The van der Waals surface area contributed by atoms with Crippen molar-refractivity contribution < 1.29 is 9.53 Å². The van der Waals surface area contributed by atoms with E-state index in [1.165, 1.54) is 12.4 Å². The fourth-order valence-corrected chi connectivity index (χ4v) is 2.54. The Morgan fingerprint density at radius 2 is 1.79 bits per heavy atom. The van der Waals surface area contributed by atoms with Crippen molar-refractivity contribution in [2.24, 2.45) is 0 Å². The van der Waals surface area contributed by atoms with Crippen molar-refractivity contribution in [2.75, 3.05) is 18.8 Å². The number of ether oxygens (including phenoxy) is 1. The van der Waals surface area contributed by atoms with Crippen molar-refractivity contribution in [3.63, 3.8) is 0 Å². The molecule has 6 nitrogen and oxygen atoms in total. The average molecular weight is 264 g/mol. The minimum atomic E-state index is -0.376. The van der Waals surface area contributed by atoms with Gasteiger partial charge in [-0.3, -0.25) is 4.79 Å². The van der Waals surface area contributed by atoms with Gasteiger partial charge in [-0.15, -0.1) is 0 Å².